The third-order valence-electron chi connectivity index (χ3n) is 3.68. The molecular weight excluding hydrogens is 384 g/mol. The van der Waals surface area contributed by atoms with Gasteiger partial charge in [0.15, 0.2) is 11.5 Å². The molecule has 0 heterocycles. The largest absolute Gasteiger partial charge is 0.490 e. The van der Waals surface area contributed by atoms with Crippen molar-refractivity contribution < 1.29 is 32.0 Å². The summed E-state index contributed by atoms with van der Waals surface area (Å²) < 4.78 is 40.7. The second-order valence-electron chi connectivity index (χ2n) is 5.78. The zero-order valence-corrected chi connectivity index (χ0v) is 16.4. The van der Waals surface area contributed by atoms with Crippen LogP contribution in [0.5, 0.6) is 11.5 Å². The minimum absolute atomic E-state index is 0.0195. The van der Waals surface area contributed by atoms with Gasteiger partial charge in [-0.25, -0.2) is 4.79 Å². The highest BCUT2D eigenvalue weighted by Crippen LogP contribution is 2.32. The molecule has 0 radical (unpaired) electrons. The van der Waals surface area contributed by atoms with Crippen LogP contribution in [-0.2, 0) is 19.6 Å². The molecule has 2 aromatic carbocycles. The second kappa shape index (κ2) is 9.80. The third kappa shape index (κ3) is 5.75. The molecule has 0 aliphatic carbocycles. The van der Waals surface area contributed by atoms with Crippen molar-refractivity contribution in [2.45, 2.75) is 24.7 Å². The van der Waals surface area contributed by atoms with Crippen LogP contribution in [0.25, 0.3) is 6.08 Å². The van der Waals surface area contributed by atoms with Crippen molar-refractivity contribution in [3.8, 4) is 11.5 Å². The van der Waals surface area contributed by atoms with Crippen molar-refractivity contribution in [1.29, 1.82) is 0 Å². The summed E-state index contributed by atoms with van der Waals surface area (Å²) in [5.74, 6) is -1.26. The van der Waals surface area contributed by atoms with Crippen molar-refractivity contribution >= 4 is 22.2 Å². The first-order valence-corrected chi connectivity index (χ1v) is 10.0. The van der Waals surface area contributed by atoms with Gasteiger partial charge in [0, 0.05) is 0 Å². The van der Waals surface area contributed by atoms with Crippen molar-refractivity contribution in [2.24, 2.45) is 0 Å². The molecule has 2 aromatic rings. The normalized spacial score (nSPS) is 11.7. The first-order valence-electron chi connectivity index (χ1n) is 8.62. The SMILES string of the molecule is CCCCOc1cc(/C=C(\OC)C(=O)O)ccc1OS(=O)(=O)c1ccccc1. The predicted octanol–water partition coefficient (Wildman–Crippen LogP) is 3.71. The smallest absolute Gasteiger partial charge is 0.371 e. The third-order valence-corrected chi connectivity index (χ3v) is 4.93. The Balaban J connectivity index is 2.38. The fraction of sp³-hybridized carbons (Fsp3) is 0.250. The van der Waals surface area contributed by atoms with E-state index in [2.05, 4.69) is 0 Å². The molecule has 8 heteroatoms. The lowest BCUT2D eigenvalue weighted by atomic mass is 10.2. The fourth-order valence-electron chi connectivity index (χ4n) is 2.24. The molecule has 7 nitrogen and oxygen atoms in total. The summed E-state index contributed by atoms with van der Waals surface area (Å²) in [6, 6.07) is 12.2. The highest BCUT2D eigenvalue weighted by molar-refractivity contribution is 7.87. The Morgan fingerprint density at radius 3 is 2.43 bits per heavy atom. The average Bonchev–Trinajstić information content (AvgIpc) is 2.68. The molecule has 0 amide bonds. The Morgan fingerprint density at radius 1 is 1.11 bits per heavy atom. The zero-order valence-electron chi connectivity index (χ0n) is 15.6. The molecule has 150 valence electrons. The van der Waals surface area contributed by atoms with Crippen LogP contribution in [-0.4, -0.2) is 33.2 Å². The maximum atomic E-state index is 12.5. The Morgan fingerprint density at radius 2 is 1.82 bits per heavy atom. The van der Waals surface area contributed by atoms with Gasteiger partial charge in [-0.1, -0.05) is 37.6 Å². The second-order valence-corrected chi connectivity index (χ2v) is 7.32. The number of carbonyl (C=O) groups is 1. The van der Waals surface area contributed by atoms with Crippen LogP contribution in [0.2, 0.25) is 0 Å². The summed E-state index contributed by atoms with van der Waals surface area (Å²) in [6.45, 7) is 2.36. The molecule has 0 aromatic heterocycles. The number of methoxy groups -OCH3 is 1. The Bertz CT molecular complexity index is 934. The molecule has 2 rings (SSSR count). The number of carboxylic acids is 1. The molecule has 0 aliphatic heterocycles. The standard InChI is InChI=1S/C20H22O7S/c1-3-4-12-26-18-13-15(14-19(25-2)20(21)22)10-11-17(18)27-28(23,24)16-8-6-5-7-9-16/h5-11,13-14H,3-4,12H2,1-2H3,(H,21,22)/b19-14-. The molecule has 0 fully saturated rings. The van der Waals surface area contributed by atoms with E-state index >= 15 is 0 Å². The molecule has 0 bridgehead atoms. The summed E-state index contributed by atoms with van der Waals surface area (Å²) in [5, 5.41) is 9.08. The highest BCUT2D eigenvalue weighted by Gasteiger charge is 2.19. The number of ether oxygens (including phenoxy) is 2. The molecule has 0 saturated carbocycles. The number of unbranched alkanes of at least 4 members (excludes halogenated alkanes) is 1. The summed E-state index contributed by atoms with van der Waals surface area (Å²) in [4.78, 5) is 11.1. The van der Waals surface area contributed by atoms with Crippen LogP contribution in [0.15, 0.2) is 59.2 Å². The fourth-order valence-corrected chi connectivity index (χ4v) is 3.20. The predicted molar refractivity (Wildman–Crippen MR) is 104 cm³/mol. The van der Waals surface area contributed by atoms with Crippen molar-refractivity contribution in [2.75, 3.05) is 13.7 Å². The van der Waals surface area contributed by atoms with E-state index in [1.807, 2.05) is 6.92 Å². The summed E-state index contributed by atoms with van der Waals surface area (Å²) in [7, 11) is -2.78. The Labute approximate surface area is 164 Å². The monoisotopic (exact) mass is 406 g/mol. The van der Waals surface area contributed by atoms with Gasteiger partial charge in [-0.3, -0.25) is 0 Å². The van der Waals surface area contributed by atoms with Crippen LogP contribution in [0.1, 0.15) is 25.3 Å². The topological polar surface area (TPSA) is 99.1 Å². The minimum atomic E-state index is -4.03. The number of aliphatic carboxylic acids is 1. The molecule has 0 atom stereocenters. The van der Waals surface area contributed by atoms with E-state index in [1.54, 1.807) is 18.2 Å². The van der Waals surface area contributed by atoms with Crippen LogP contribution in [0.3, 0.4) is 0 Å². The van der Waals surface area contributed by atoms with Crippen LogP contribution in [0, 0.1) is 0 Å². The van der Waals surface area contributed by atoms with Gasteiger partial charge in [0.05, 0.1) is 13.7 Å². The van der Waals surface area contributed by atoms with E-state index in [1.165, 1.54) is 43.5 Å². The molecule has 0 saturated heterocycles. The molecular formula is C20H22O7S. The Hall–Kier alpha value is -3.00. The molecule has 0 unspecified atom stereocenters. The Kier molecular flexibility index (Phi) is 7.45. The lowest BCUT2D eigenvalue weighted by molar-refractivity contribution is -0.135. The van der Waals surface area contributed by atoms with Crippen LogP contribution in [0.4, 0.5) is 0 Å². The van der Waals surface area contributed by atoms with Gasteiger partial charge < -0.3 is 18.8 Å². The quantitative estimate of drug-likeness (QED) is 0.278. The van der Waals surface area contributed by atoms with Crippen molar-refractivity contribution in [1.82, 2.24) is 0 Å². The number of rotatable bonds is 10. The lowest BCUT2D eigenvalue weighted by Gasteiger charge is -2.13. The highest BCUT2D eigenvalue weighted by atomic mass is 32.2. The molecule has 28 heavy (non-hydrogen) atoms. The van der Waals surface area contributed by atoms with Gasteiger partial charge in [0.25, 0.3) is 0 Å². The van der Waals surface area contributed by atoms with E-state index in [-0.39, 0.29) is 22.2 Å². The summed E-state index contributed by atoms with van der Waals surface area (Å²) in [5.41, 5.74) is 0.468. The number of carboxylic acid groups (broad SMARTS) is 1. The van der Waals surface area contributed by atoms with E-state index in [9.17, 15) is 13.2 Å². The van der Waals surface area contributed by atoms with Gasteiger partial charge >= 0.3 is 16.1 Å². The summed E-state index contributed by atoms with van der Waals surface area (Å²) >= 11 is 0. The number of benzene rings is 2. The lowest BCUT2D eigenvalue weighted by Crippen LogP contribution is -2.11. The first-order chi connectivity index (χ1) is 13.4. The number of hydrogen-bond donors (Lipinski definition) is 1. The zero-order chi connectivity index (χ0) is 20.6. The van der Waals surface area contributed by atoms with E-state index in [0.717, 1.165) is 12.8 Å². The van der Waals surface area contributed by atoms with Crippen molar-refractivity contribution in [3.05, 3.63) is 59.9 Å². The van der Waals surface area contributed by atoms with Crippen LogP contribution >= 0.6 is 0 Å². The maximum absolute atomic E-state index is 12.5. The molecule has 0 aliphatic rings. The average molecular weight is 406 g/mol. The van der Waals surface area contributed by atoms with Crippen LogP contribution < -0.4 is 8.92 Å². The van der Waals surface area contributed by atoms with Crippen molar-refractivity contribution in [3.63, 3.8) is 0 Å². The maximum Gasteiger partial charge on any atom is 0.371 e. The minimum Gasteiger partial charge on any atom is -0.490 e. The molecule has 1 N–H and O–H groups in total. The van der Waals surface area contributed by atoms with Gasteiger partial charge in [-0.2, -0.15) is 8.42 Å². The molecule has 0 spiro atoms. The van der Waals surface area contributed by atoms with Gasteiger partial charge in [0.2, 0.25) is 5.76 Å². The number of hydrogen-bond acceptors (Lipinski definition) is 6. The van der Waals surface area contributed by atoms with E-state index < -0.39 is 16.1 Å². The first kappa shape index (κ1) is 21.3. The van der Waals surface area contributed by atoms with Gasteiger partial charge in [0.1, 0.15) is 4.90 Å². The van der Waals surface area contributed by atoms with Gasteiger partial charge in [-0.15, -0.1) is 0 Å². The summed E-state index contributed by atoms with van der Waals surface area (Å²) in [6.07, 6.45) is 2.97. The van der Waals surface area contributed by atoms with E-state index in [0.29, 0.717) is 12.2 Å². The van der Waals surface area contributed by atoms with E-state index in [4.69, 9.17) is 18.8 Å². The van der Waals surface area contributed by atoms with Gasteiger partial charge in [-0.05, 0) is 42.3 Å².